The molecule has 0 N–H and O–H groups in total. The Balaban J connectivity index is 1.42. The Morgan fingerprint density at radius 2 is 1.60 bits per heavy atom. The van der Waals surface area contributed by atoms with Crippen molar-refractivity contribution in [2.45, 2.75) is 19.3 Å². The molecule has 1 aliphatic rings. The molecule has 2 aromatic rings. The Bertz CT molecular complexity index is 708. The molecule has 0 radical (unpaired) electrons. The molecular weight excluding hydrogens is 356 g/mol. The van der Waals surface area contributed by atoms with Crippen LogP contribution in [-0.2, 0) is 22.4 Å². The normalized spacial score (nSPS) is 14.6. The van der Waals surface area contributed by atoms with Gasteiger partial charge in [-0.05, 0) is 35.6 Å². The molecule has 1 aliphatic heterocycles. The second kappa shape index (κ2) is 8.50. The molecule has 0 aliphatic carbocycles. The van der Waals surface area contributed by atoms with Gasteiger partial charge in [0.25, 0.3) is 0 Å². The number of amides is 2. The first-order valence-corrected chi connectivity index (χ1v) is 9.70. The minimum absolute atomic E-state index is 0.149. The van der Waals surface area contributed by atoms with E-state index in [2.05, 4.69) is 0 Å². The number of benzene rings is 1. The Morgan fingerprint density at radius 3 is 2.20 bits per heavy atom. The monoisotopic (exact) mass is 376 g/mol. The SMILES string of the molecule is O=C(CCc1ccc(Cl)cc1)N1CCN(C(=O)Cc2cccs2)CC1. The number of piperazine rings is 1. The summed E-state index contributed by atoms with van der Waals surface area (Å²) in [6.45, 7) is 2.49. The fourth-order valence-corrected chi connectivity index (χ4v) is 3.76. The number of aryl methyl sites for hydroxylation is 1. The first kappa shape index (κ1) is 18.0. The lowest BCUT2D eigenvalue weighted by molar-refractivity contribution is -0.139. The van der Waals surface area contributed by atoms with Crippen molar-refractivity contribution in [3.8, 4) is 0 Å². The molecule has 1 fully saturated rings. The van der Waals surface area contributed by atoms with Crippen molar-refractivity contribution in [1.82, 2.24) is 9.80 Å². The number of hydrogen-bond acceptors (Lipinski definition) is 3. The fraction of sp³-hybridized carbons (Fsp3) is 0.368. The number of halogens is 1. The van der Waals surface area contributed by atoms with E-state index in [1.807, 2.05) is 51.6 Å². The summed E-state index contributed by atoms with van der Waals surface area (Å²) in [6.07, 6.45) is 1.67. The predicted molar refractivity (Wildman–Crippen MR) is 101 cm³/mol. The third-order valence-corrected chi connectivity index (χ3v) is 5.56. The highest BCUT2D eigenvalue weighted by atomic mass is 35.5. The zero-order valence-corrected chi connectivity index (χ0v) is 15.6. The maximum atomic E-state index is 12.4. The predicted octanol–water partition coefficient (Wildman–Crippen LogP) is 3.25. The minimum Gasteiger partial charge on any atom is -0.339 e. The van der Waals surface area contributed by atoms with Crippen LogP contribution in [0.1, 0.15) is 16.9 Å². The van der Waals surface area contributed by atoms with Crippen LogP contribution >= 0.6 is 22.9 Å². The zero-order chi connectivity index (χ0) is 17.6. The van der Waals surface area contributed by atoms with Crippen LogP contribution in [0.2, 0.25) is 5.02 Å². The highest BCUT2D eigenvalue weighted by Crippen LogP contribution is 2.14. The number of nitrogens with zero attached hydrogens (tertiary/aromatic N) is 2. The Morgan fingerprint density at radius 1 is 0.960 bits per heavy atom. The van der Waals surface area contributed by atoms with E-state index in [1.54, 1.807) is 11.3 Å². The van der Waals surface area contributed by atoms with Crippen molar-refractivity contribution in [1.29, 1.82) is 0 Å². The molecule has 1 aromatic carbocycles. The van der Waals surface area contributed by atoms with Crippen molar-refractivity contribution in [2.75, 3.05) is 26.2 Å². The van der Waals surface area contributed by atoms with E-state index >= 15 is 0 Å². The van der Waals surface area contributed by atoms with Crippen LogP contribution in [0.25, 0.3) is 0 Å². The molecule has 4 nitrogen and oxygen atoms in total. The van der Waals surface area contributed by atoms with Gasteiger partial charge in [-0.1, -0.05) is 29.8 Å². The van der Waals surface area contributed by atoms with E-state index in [1.165, 1.54) is 0 Å². The molecule has 6 heteroatoms. The van der Waals surface area contributed by atoms with Crippen LogP contribution in [0.5, 0.6) is 0 Å². The topological polar surface area (TPSA) is 40.6 Å². The van der Waals surface area contributed by atoms with E-state index in [0.717, 1.165) is 10.4 Å². The molecule has 2 heterocycles. The van der Waals surface area contributed by atoms with Gasteiger partial charge in [-0.25, -0.2) is 0 Å². The van der Waals surface area contributed by atoms with Gasteiger partial charge in [-0.2, -0.15) is 0 Å². The molecule has 1 saturated heterocycles. The van der Waals surface area contributed by atoms with Gasteiger partial charge in [0, 0.05) is 42.5 Å². The molecular formula is C19H21ClN2O2S. The Hall–Kier alpha value is -1.85. The van der Waals surface area contributed by atoms with Crippen LogP contribution in [0.15, 0.2) is 41.8 Å². The lowest BCUT2D eigenvalue weighted by Gasteiger charge is -2.35. The number of hydrogen-bond donors (Lipinski definition) is 0. The smallest absolute Gasteiger partial charge is 0.227 e. The van der Waals surface area contributed by atoms with Crippen LogP contribution in [-0.4, -0.2) is 47.8 Å². The van der Waals surface area contributed by atoms with Crippen molar-refractivity contribution < 1.29 is 9.59 Å². The van der Waals surface area contributed by atoms with E-state index in [9.17, 15) is 9.59 Å². The van der Waals surface area contributed by atoms with Crippen LogP contribution < -0.4 is 0 Å². The highest BCUT2D eigenvalue weighted by Gasteiger charge is 2.24. The summed E-state index contributed by atoms with van der Waals surface area (Å²) in [5.74, 6) is 0.302. The van der Waals surface area contributed by atoms with Gasteiger partial charge in [0.15, 0.2) is 0 Å². The molecule has 132 valence electrons. The summed E-state index contributed by atoms with van der Waals surface area (Å²) in [6, 6.07) is 11.6. The zero-order valence-electron chi connectivity index (χ0n) is 14.0. The Labute approximate surface area is 157 Å². The van der Waals surface area contributed by atoms with Crippen molar-refractivity contribution in [3.63, 3.8) is 0 Å². The van der Waals surface area contributed by atoms with Crippen molar-refractivity contribution in [2.24, 2.45) is 0 Å². The van der Waals surface area contributed by atoms with Gasteiger partial charge in [0.2, 0.25) is 11.8 Å². The van der Waals surface area contributed by atoms with Gasteiger partial charge in [0.05, 0.1) is 6.42 Å². The summed E-state index contributed by atoms with van der Waals surface area (Å²) >= 11 is 7.48. The third-order valence-electron chi connectivity index (χ3n) is 4.43. The van der Waals surface area contributed by atoms with Crippen molar-refractivity contribution in [3.05, 3.63) is 57.2 Å². The third kappa shape index (κ3) is 5.06. The fourth-order valence-electron chi connectivity index (χ4n) is 2.94. The summed E-state index contributed by atoms with van der Waals surface area (Å²) in [7, 11) is 0. The number of rotatable bonds is 5. The van der Waals surface area contributed by atoms with Gasteiger partial charge >= 0.3 is 0 Å². The molecule has 3 rings (SSSR count). The van der Waals surface area contributed by atoms with Gasteiger partial charge in [-0.15, -0.1) is 11.3 Å². The van der Waals surface area contributed by atoms with Crippen LogP contribution in [0, 0.1) is 0 Å². The number of thiophene rings is 1. The quantitative estimate of drug-likeness (QED) is 0.803. The van der Waals surface area contributed by atoms with E-state index < -0.39 is 0 Å². The summed E-state index contributed by atoms with van der Waals surface area (Å²) < 4.78 is 0. The average Bonchev–Trinajstić information content (AvgIpc) is 3.14. The maximum absolute atomic E-state index is 12.4. The van der Waals surface area contributed by atoms with E-state index in [4.69, 9.17) is 11.6 Å². The highest BCUT2D eigenvalue weighted by molar-refractivity contribution is 7.10. The van der Waals surface area contributed by atoms with E-state index in [0.29, 0.717) is 50.5 Å². The molecule has 0 bridgehead atoms. The largest absolute Gasteiger partial charge is 0.339 e. The van der Waals surface area contributed by atoms with Gasteiger partial charge < -0.3 is 9.80 Å². The lowest BCUT2D eigenvalue weighted by Crippen LogP contribution is -2.51. The molecule has 0 spiro atoms. The minimum atomic E-state index is 0.149. The van der Waals surface area contributed by atoms with Crippen molar-refractivity contribution >= 4 is 34.8 Å². The molecule has 1 aromatic heterocycles. The average molecular weight is 377 g/mol. The standard InChI is InChI=1S/C19H21ClN2O2S/c20-16-6-3-15(4-7-16)5-8-18(23)21-9-11-22(12-10-21)19(24)14-17-2-1-13-25-17/h1-4,6-7,13H,5,8-12,14H2. The van der Waals surface area contributed by atoms with Crippen LogP contribution in [0.3, 0.4) is 0 Å². The molecule has 0 saturated carbocycles. The summed E-state index contributed by atoms with van der Waals surface area (Å²) in [4.78, 5) is 29.5. The molecule has 25 heavy (non-hydrogen) atoms. The number of carbonyl (C=O) groups excluding carboxylic acids is 2. The second-order valence-corrected chi connectivity index (χ2v) is 7.61. The summed E-state index contributed by atoms with van der Waals surface area (Å²) in [5.41, 5.74) is 1.11. The van der Waals surface area contributed by atoms with Crippen LogP contribution in [0.4, 0.5) is 0 Å². The van der Waals surface area contributed by atoms with E-state index in [-0.39, 0.29) is 11.8 Å². The second-order valence-electron chi connectivity index (χ2n) is 6.14. The maximum Gasteiger partial charge on any atom is 0.227 e. The lowest BCUT2D eigenvalue weighted by atomic mass is 10.1. The first-order chi connectivity index (χ1) is 12.1. The molecule has 0 unspecified atom stereocenters. The van der Waals surface area contributed by atoms with Gasteiger partial charge in [0.1, 0.15) is 0 Å². The number of carbonyl (C=O) groups is 2. The molecule has 0 atom stereocenters. The van der Waals surface area contributed by atoms with Gasteiger partial charge in [-0.3, -0.25) is 9.59 Å². The summed E-state index contributed by atoms with van der Waals surface area (Å²) in [5, 5.41) is 2.69. The first-order valence-electron chi connectivity index (χ1n) is 8.44. The molecule has 2 amide bonds. The Kier molecular flexibility index (Phi) is 6.10.